The van der Waals surface area contributed by atoms with Gasteiger partial charge in [0.2, 0.25) is 5.95 Å². The number of ether oxygens (including phenoxy) is 2. The van der Waals surface area contributed by atoms with Gasteiger partial charge in [-0.1, -0.05) is 36.4 Å². The average Bonchev–Trinajstić information content (AvgIpc) is 3.31. The van der Waals surface area contributed by atoms with Crippen molar-refractivity contribution in [2.75, 3.05) is 12.4 Å². The molecule has 2 aliphatic rings. The molecule has 1 N–H and O–H groups in total. The number of para-hydroxylation sites is 1. The minimum atomic E-state index is -0.443. The molecule has 0 amide bonds. The van der Waals surface area contributed by atoms with E-state index in [4.69, 9.17) is 9.47 Å². The van der Waals surface area contributed by atoms with Gasteiger partial charge in [0.05, 0.1) is 12.8 Å². The highest BCUT2D eigenvalue weighted by molar-refractivity contribution is 5.85. The summed E-state index contributed by atoms with van der Waals surface area (Å²) in [6, 6.07) is 21.9. The minimum Gasteiger partial charge on any atom is -0.497 e. The molecule has 0 radical (unpaired) electrons. The highest BCUT2D eigenvalue weighted by atomic mass is 19.1. The van der Waals surface area contributed by atoms with Crippen LogP contribution in [0.1, 0.15) is 28.8 Å². The van der Waals surface area contributed by atoms with Gasteiger partial charge in [0.1, 0.15) is 35.8 Å². The van der Waals surface area contributed by atoms with Gasteiger partial charge in [-0.2, -0.15) is 10.1 Å². The van der Waals surface area contributed by atoms with Gasteiger partial charge in [-0.25, -0.2) is 9.07 Å². The zero-order chi connectivity index (χ0) is 21.7. The molecule has 6 nitrogen and oxygen atoms in total. The molecule has 32 heavy (non-hydrogen) atoms. The van der Waals surface area contributed by atoms with Crippen molar-refractivity contribution in [3.63, 3.8) is 0 Å². The summed E-state index contributed by atoms with van der Waals surface area (Å²) < 4.78 is 27.5. The lowest BCUT2D eigenvalue weighted by Gasteiger charge is -2.39. The Morgan fingerprint density at radius 3 is 2.69 bits per heavy atom. The third-order valence-corrected chi connectivity index (χ3v) is 5.90. The van der Waals surface area contributed by atoms with Crippen LogP contribution in [0.25, 0.3) is 5.70 Å². The SMILES string of the molecule is COc1cccc([C@H]2C3=C(Nc4ncnn42)c2ccccc2O[C@@H]3c2ccc(F)cc2)c1. The molecular formula is C25H19FN4O2. The third kappa shape index (κ3) is 2.85. The van der Waals surface area contributed by atoms with E-state index in [2.05, 4.69) is 15.4 Å². The fourth-order valence-corrected chi connectivity index (χ4v) is 4.46. The maximum Gasteiger partial charge on any atom is 0.226 e. The Balaban J connectivity index is 1.62. The minimum absolute atomic E-state index is 0.288. The molecule has 2 aliphatic heterocycles. The number of halogens is 1. The first-order valence-corrected chi connectivity index (χ1v) is 10.3. The van der Waals surface area contributed by atoms with Crippen LogP contribution in [0.5, 0.6) is 11.5 Å². The number of anilines is 1. The summed E-state index contributed by atoms with van der Waals surface area (Å²) in [4.78, 5) is 4.43. The Bertz CT molecular complexity index is 1350. The molecule has 0 unspecified atom stereocenters. The van der Waals surface area contributed by atoms with Crippen LogP contribution in [-0.4, -0.2) is 21.9 Å². The Labute approximate surface area is 183 Å². The van der Waals surface area contributed by atoms with E-state index >= 15 is 0 Å². The fraction of sp³-hybridized carbons (Fsp3) is 0.120. The molecule has 6 rings (SSSR count). The van der Waals surface area contributed by atoms with Crippen LogP contribution in [-0.2, 0) is 0 Å². The number of benzene rings is 3. The molecule has 3 heterocycles. The van der Waals surface area contributed by atoms with Gasteiger partial charge in [0.25, 0.3) is 0 Å². The summed E-state index contributed by atoms with van der Waals surface area (Å²) in [5.41, 5.74) is 4.69. The fourth-order valence-electron chi connectivity index (χ4n) is 4.46. The molecule has 0 saturated carbocycles. The molecule has 4 aromatic rings. The Morgan fingerprint density at radius 2 is 1.84 bits per heavy atom. The second-order valence-electron chi connectivity index (χ2n) is 7.71. The van der Waals surface area contributed by atoms with Gasteiger partial charge in [-0.3, -0.25) is 0 Å². The number of aromatic nitrogens is 3. The van der Waals surface area contributed by atoms with Gasteiger partial charge in [0, 0.05) is 11.1 Å². The second kappa shape index (κ2) is 7.23. The lowest BCUT2D eigenvalue weighted by atomic mass is 9.84. The summed E-state index contributed by atoms with van der Waals surface area (Å²) in [5, 5.41) is 7.97. The Morgan fingerprint density at radius 1 is 1.00 bits per heavy atom. The summed E-state index contributed by atoms with van der Waals surface area (Å²) in [7, 11) is 1.65. The number of hydrogen-bond donors (Lipinski definition) is 1. The first-order chi connectivity index (χ1) is 15.7. The zero-order valence-corrected chi connectivity index (χ0v) is 17.2. The van der Waals surface area contributed by atoms with Crippen molar-refractivity contribution in [2.24, 2.45) is 0 Å². The highest BCUT2D eigenvalue weighted by Gasteiger charge is 2.40. The molecule has 3 aromatic carbocycles. The normalized spacial score (nSPS) is 18.7. The first-order valence-electron chi connectivity index (χ1n) is 10.3. The van der Waals surface area contributed by atoms with Gasteiger partial charge in [0.15, 0.2) is 0 Å². The molecule has 0 bridgehead atoms. The van der Waals surface area contributed by atoms with Crippen LogP contribution in [0.3, 0.4) is 0 Å². The monoisotopic (exact) mass is 426 g/mol. The van der Waals surface area contributed by atoms with Crippen LogP contribution in [0.4, 0.5) is 10.3 Å². The van der Waals surface area contributed by atoms with Gasteiger partial charge in [-0.15, -0.1) is 0 Å². The van der Waals surface area contributed by atoms with Crippen LogP contribution < -0.4 is 14.8 Å². The van der Waals surface area contributed by atoms with Crippen molar-refractivity contribution in [1.29, 1.82) is 0 Å². The molecule has 1 aromatic heterocycles. The highest BCUT2D eigenvalue weighted by Crippen LogP contribution is 2.50. The van der Waals surface area contributed by atoms with Crippen LogP contribution in [0.15, 0.2) is 84.7 Å². The topological polar surface area (TPSA) is 61.2 Å². The molecule has 2 atom stereocenters. The molecule has 0 aliphatic carbocycles. The van der Waals surface area contributed by atoms with E-state index in [-0.39, 0.29) is 11.9 Å². The van der Waals surface area contributed by atoms with Gasteiger partial charge < -0.3 is 14.8 Å². The second-order valence-corrected chi connectivity index (χ2v) is 7.71. The lowest BCUT2D eigenvalue weighted by Crippen LogP contribution is -2.32. The van der Waals surface area contributed by atoms with E-state index in [1.54, 1.807) is 19.2 Å². The van der Waals surface area contributed by atoms with E-state index in [1.807, 2.05) is 53.2 Å². The predicted molar refractivity (Wildman–Crippen MR) is 118 cm³/mol. The van der Waals surface area contributed by atoms with Crippen molar-refractivity contribution in [1.82, 2.24) is 14.8 Å². The van der Waals surface area contributed by atoms with E-state index < -0.39 is 6.10 Å². The van der Waals surface area contributed by atoms with Gasteiger partial charge in [-0.05, 0) is 47.5 Å². The number of hydrogen-bond acceptors (Lipinski definition) is 5. The number of methoxy groups -OCH3 is 1. The smallest absolute Gasteiger partial charge is 0.226 e. The third-order valence-electron chi connectivity index (χ3n) is 5.90. The summed E-state index contributed by atoms with van der Waals surface area (Å²) >= 11 is 0. The Kier molecular flexibility index (Phi) is 4.21. The first kappa shape index (κ1) is 18.6. The number of fused-ring (bicyclic) bond motifs is 3. The summed E-state index contributed by atoms with van der Waals surface area (Å²) in [6.45, 7) is 0. The maximum absolute atomic E-state index is 13.7. The molecule has 0 spiro atoms. The van der Waals surface area contributed by atoms with E-state index in [1.165, 1.54) is 18.5 Å². The lowest BCUT2D eigenvalue weighted by molar-refractivity contribution is 0.223. The zero-order valence-electron chi connectivity index (χ0n) is 17.2. The van der Waals surface area contributed by atoms with Crippen LogP contribution in [0.2, 0.25) is 0 Å². The van der Waals surface area contributed by atoms with Crippen molar-refractivity contribution < 1.29 is 13.9 Å². The molecule has 0 fully saturated rings. The van der Waals surface area contributed by atoms with Crippen molar-refractivity contribution in [3.8, 4) is 11.5 Å². The van der Waals surface area contributed by atoms with E-state index in [9.17, 15) is 4.39 Å². The Hall–Kier alpha value is -4.13. The quantitative estimate of drug-likeness (QED) is 0.500. The largest absolute Gasteiger partial charge is 0.497 e. The molecule has 7 heteroatoms. The average molecular weight is 426 g/mol. The summed E-state index contributed by atoms with van der Waals surface area (Å²) in [6.07, 6.45) is 1.09. The molecule has 0 saturated heterocycles. The predicted octanol–water partition coefficient (Wildman–Crippen LogP) is 4.99. The van der Waals surface area contributed by atoms with Crippen LogP contribution in [0, 0.1) is 5.82 Å². The van der Waals surface area contributed by atoms with E-state index in [0.29, 0.717) is 5.95 Å². The van der Waals surface area contributed by atoms with Crippen LogP contribution >= 0.6 is 0 Å². The number of nitrogens with one attached hydrogen (secondary N) is 1. The van der Waals surface area contributed by atoms with Crippen molar-refractivity contribution in [3.05, 3.63) is 107 Å². The van der Waals surface area contributed by atoms with Crippen molar-refractivity contribution >= 4 is 11.6 Å². The summed E-state index contributed by atoms with van der Waals surface area (Å²) in [5.74, 6) is 1.86. The number of nitrogens with zero attached hydrogens (tertiary/aromatic N) is 3. The van der Waals surface area contributed by atoms with Gasteiger partial charge >= 0.3 is 0 Å². The van der Waals surface area contributed by atoms with Crippen molar-refractivity contribution in [2.45, 2.75) is 12.1 Å². The standard InChI is InChI=1S/C25H19FN4O2/c1-31-18-6-4-5-16(13-18)23-21-22(29-25-27-14-28-30(23)25)19-7-2-3-8-20(19)32-24(21)15-9-11-17(26)12-10-15/h2-14,23-24H,1H3,(H,27,28,29)/t23-,24+/m0/s1. The van der Waals surface area contributed by atoms with E-state index in [0.717, 1.165) is 39.5 Å². The maximum atomic E-state index is 13.7. The number of rotatable bonds is 3. The molecular weight excluding hydrogens is 407 g/mol. The molecule has 158 valence electrons.